The largest absolute Gasteiger partial charge is 0.508 e. The minimum absolute atomic E-state index is 0.000961. The highest BCUT2D eigenvalue weighted by Crippen LogP contribution is 2.14. The Balaban J connectivity index is 2.25. The number of phenols is 2. The second kappa shape index (κ2) is 15.5. The molecule has 216 valence electrons. The number of aliphatic imine (C=N–C) groups is 1. The number of nitrogens with one attached hydrogen (secondary N) is 3. The van der Waals surface area contributed by atoms with Crippen LogP contribution < -0.4 is 33.2 Å². The van der Waals surface area contributed by atoms with Gasteiger partial charge in [0, 0.05) is 19.4 Å². The molecule has 3 atom stereocenters. The Hall–Kier alpha value is -4.85. The molecule has 12 N–H and O–H groups in total. The monoisotopic (exact) mass is 557 g/mol. The number of rotatable bonds is 15. The summed E-state index contributed by atoms with van der Waals surface area (Å²) in [6.45, 7) is -0.174. The lowest BCUT2D eigenvalue weighted by Gasteiger charge is -2.25. The normalized spacial score (nSPS) is 12.8. The fraction of sp³-hybridized carbons (Fsp3) is 0.346. The van der Waals surface area contributed by atoms with Gasteiger partial charge >= 0.3 is 5.97 Å². The summed E-state index contributed by atoms with van der Waals surface area (Å²) in [4.78, 5) is 54.3. The van der Waals surface area contributed by atoms with Crippen LogP contribution in [-0.4, -0.2) is 76.2 Å². The SMILES string of the molecule is NCC(=O)NC(CCCN=C(N)N)C(=O)NC(Cc1ccc(O)cc1)C(=O)NC(Cc1ccc(O)cc1)C(=O)O. The highest BCUT2D eigenvalue weighted by molar-refractivity contribution is 5.93. The Morgan fingerprint density at radius 2 is 1.23 bits per heavy atom. The third-order valence-electron chi connectivity index (χ3n) is 5.78. The average molecular weight is 558 g/mol. The number of amides is 3. The highest BCUT2D eigenvalue weighted by atomic mass is 16.4. The lowest BCUT2D eigenvalue weighted by atomic mass is 10.0. The summed E-state index contributed by atoms with van der Waals surface area (Å²) >= 11 is 0. The number of benzene rings is 2. The lowest BCUT2D eigenvalue weighted by molar-refractivity contribution is -0.142. The van der Waals surface area contributed by atoms with Crippen molar-refractivity contribution in [2.45, 2.75) is 43.8 Å². The van der Waals surface area contributed by atoms with E-state index in [0.717, 1.165) is 0 Å². The molecule has 3 unspecified atom stereocenters. The quantitative estimate of drug-likeness (QED) is 0.0690. The fourth-order valence-electron chi connectivity index (χ4n) is 3.72. The summed E-state index contributed by atoms with van der Waals surface area (Å²) in [7, 11) is 0. The number of nitrogens with two attached hydrogens (primary N) is 3. The molecule has 0 spiro atoms. The van der Waals surface area contributed by atoms with E-state index in [-0.39, 0.29) is 49.8 Å². The Labute approximate surface area is 230 Å². The Kier molecular flexibility index (Phi) is 12.2. The van der Waals surface area contributed by atoms with E-state index in [1.807, 2.05) is 0 Å². The molecule has 14 heteroatoms. The number of aromatic hydroxyl groups is 2. The summed E-state index contributed by atoms with van der Waals surface area (Å²) in [6.07, 6.45) is 0.319. The molecule has 3 amide bonds. The van der Waals surface area contributed by atoms with Crippen LogP contribution in [0.1, 0.15) is 24.0 Å². The summed E-state index contributed by atoms with van der Waals surface area (Å²) in [5.74, 6) is -3.50. The first-order valence-electron chi connectivity index (χ1n) is 12.4. The molecule has 0 aliphatic rings. The highest BCUT2D eigenvalue weighted by Gasteiger charge is 2.30. The Bertz CT molecular complexity index is 1180. The van der Waals surface area contributed by atoms with E-state index in [1.54, 1.807) is 12.1 Å². The minimum atomic E-state index is -1.34. The van der Waals surface area contributed by atoms with Crippen molar-refractivity contribution in [3.8, 4) is 11.5 Å². The van der Waals surface area contributed by atoms with Crippen molar-refractivity contribution in [3.63, 3.8) is 0 Å². The van der Waals surface area contributed by atoms with E-state index < -0.39 is 41.8 Å². The molecule has 0 fully saturated rings. The topological polar surface area (TPSA) is 255 Å². The zero-order valence-corrected chi connectivity index (χ0v) is 21.7. The van der Waals surface area contributed by atoms with Gasteiger partial charge in [-0.15, -0.1) is 0 Å². The number of carbonyl (C=O) groups is 4. The van der Waals surface area contributed by atoms with Crippen LogP contribution in [0.2, 0.25) is 0 Å². The van der Waals surface area contributed by atoms with Crippen molar-refractivity contribution >= 4 is 29.7 Å². The van der Waals surface area contributed by atoms with E-state index in [0.29, 0.717) is 17.5 Å². The van der Waals surface area contributed by atoms with Crippen molar-refractivity contribution in [2.75, 3.05) is 13.1 Å². The van der Waals surface area contributed by atoms with Crippen LogP contribution in [0, 0.1) is 0 Å². The van der Waals surface area contributed by atoms with Crippen molar-refractivity contribution in [1.29, 1.82) is 0 Å². The van der Waals surface area contributed by atoms with E-state index in [1.165, 1.54) is 36.4 Å². The maximum absolute atomic E-state index is 13.3. The molecule has 0 aromatic heterocycles. The van der Waals surface area contributed by atoms with Gasteiger partial charge in [-0.25, -0.2) is 4.79 Å². The van der Waals surface area contributed by atoms with Gasteiger partial charge < -0.3 is 48.5 Å². The number of carbonyl (C=O) groups excluding carboxylic acids is 3. The maximum atomic E-state index is 13.3. The first-order chi connectivity index (χ1) is 19.0. The molecule has 0 aliphatic carbocycles. The van der Waals surface area contributed by atoms with Crippen molar-refractivity contribution < 1.29 is 34.5 Å². The first kappa shape index (κ1) is 31.4. The average Bonchev–Trinajstić information content (AvgIpc) is 2.91. The molecular weight excluding hydrogens is 522 g/mol. The van der Waals surface area contributed by atoms with Crippen LogP contribution in [0.15, 0.2) is 53.5 Å². The minimum Gasteiger partial charge on any atom is -0.508 e. The third-order valence-corrected chi connectivity index (χ3v) is 5.78. The second-order valence-corrected chi connectivity index (χ2v) is 8.97. The molecule has 0 saturated carbocycles. The van der Waals surface area contributed by atoms with Crippen LogP contribution in [-0.2, 0) is 32.0 Å². The number of nitrogens with zero attached hydrogens (tertiary/aromatic N) is 1. The van der Waals surface area contributed by atoms with Crippen molar-refractivity contribution in [1.82, 2.24) is 16.0 Å². The molecule has 2 aromatic rings. The molecule has 2 rings (SSSR count). The molecule has 0 saturated heterocycles. The van der Waals surface area contributed by atoms with Gasteiger partial charge in [-0.3, -0.25) is 19.4 Å². The van der Waals surface area contributed by atoms with Crippen LogP contribution >= 0.6 is 0 Å². The maximum Gasteiger partial charge on any atom is 0.326 e. The molecular formula is C26H35N7O7. The second-order valence-electron chi connectivity index (χ2n) is 8.97. The molecule has 0 radical (unpaired) electrons. The van der Waals surface area contributed by atoms with Gasteiger partial charge in [-0.05, 0) is 48.2 Å². The molecule has 40 heavy (non-hydrogen) atoms. The zero-order valence-electron chi connectivity index (χ0n) is 21.7. The predicted molar refractivity (Wildman–Crippen MR) is 146 cm³/mol. The molecule has 2 aromatic carbocycles. The molecule has 14 nitrogen and oxygen atoms in total. The summed E-state index contributed by atoms with van der Waals surface area (Å²) in [5, 5.41) is 36.3. The summed E-state index contributed by atoms with van der Waals surface area (Å²) in [6, 6.07) is 8.10. The van der Waals surface area contributed by atoms with Crippen molar-refractivity contribution in [2.24, 2.45) is 22.2 Å². The van der Waals surface area contributed by atoms with Gasteiger partial charge in [0.25, 0.3) is 0 Å². The summed E-state index contributed by atoms with van der Waals surface area (Å²) in [5.41, 5.74) is 17.1. The third kappa shape index (κ3) is 10.9. The standard InChI is InChI=1S/C26H35N7O7/c27-14-22(36)31-19(2-1-11-30-26(28)29)23(37)32-20(12-15-3-7-17(34)8-4-15)24(38)33-21(25(39)40)13-16-5-9-18(35)10-6-16/h3-10,19-21,34-35H,1-2,11-14,27H2,(H,31,36)(H,32,37)(H,33,38)(H,39,40)(H4,28,29,30). The van der Waals surface area contributed by atoms with Gasteiger partial charge in [-0.1, -0.05) is 24.3 Å². The smallest absolute Gasteiger partial charge is 0.326 e. The van der Waals surface area contributed by atoms with E-state index in [9.17, 15) is 34.5 Å². The fourth-order valence-corrected chi connectivity index (χ4v) is 3.72. The Morgan fingerprint density at radius 1 is 0.750 bits per heavy atom. The van der Waals surface area contributed by atoms with Gasteiger partial charge in [0.2, 0.25) is 17.7 Å². The van der Waals surface area contributed by atoms with E-state index in [2.05, 4.69) is 20.9 Å². The molecule has 0 aliphatic heterocycles. The van der Waals surface area contributed by atoms with Crippen molar-refractivity contribution in [3.05, 3.63) is 59.7 Å². The van der Waals surface area contributed by atoms with Crippen LogP contribution in [0.3, 0.4) is 0 Å². The van der Waals surface area contributed by atoms with Crippen LogP contribution in [0.4, 0.5) is 0 Å². The van der Waals surface area contributed by atoms with Gasteiger partial charge in [0.15, 0.2) is 5.96 Å². The van der Waals surface area contributed by atoms with Gasteiger partial charge in [0.1, 0.15) is 29.6 Å². The Morgan fingerprint density at radius 3 is 1.70 bits per heavy atom. The first-order valence-corrected chi connectivity index (χ1v) is 12.4. The number of hydrogen-bond donors (Lipinski definition) is 9. The number of carboxylic acids is 1. The molecule has 0 heterocycles. The predicted octanol–water partition coefficient (Wildman–Crippen LogP) is -1.57. The van der Waals surface area contributed by atoms with Crippen LogP contribution in [0.5, 0.6) is 11.5 Å². The number of phenolic OH excluding ortho intramolecular Hbond substituents is 2. The van der Waals surface area contributed by atoms with Gasteiger partial charge in [0.05, 0.1) is 6.54 Å². The van der Waals surface area contributed by atoms with E-state index >= 15 is 0 Å². The van der Waals surface area contributed by atoms with Gasteiger partial charge in [-0.2, -0.15) is 0 Å². The zero-order chi connectivity index (χ0) is 29.7. The number of carboxylic acid groups (broad SMARTS) is 1. The number of aliphatic carboxylic acids is 1. The summed E-state index contributed by atoms with van der Waals surface area (Å²) < 4.78 is 0. The number of guanidine groups is 1. The van der Waals surface area contributed by atoms with E-state index in [4.69, 9.17) is 17.2 Å². The number of hydrogen-bond acceptors (Lipinski definition) is 8. The molecule has 0 bridgehead atoms. The van der Waals surface area contributed by atoms with Crippen LogP contribution in [0.25, 0.3) is 0 Å². The lowest BCUT2D eigenvalue weighted by Crippen LogP contribution is -2.57.